The molecule has 0 unspecified atom stereocenters. The summed E-state index contributed by atoms with van der Waals surface area (Å²) in [7, 11) is 0. The van der Waals surface area contributed by atoms with E-state index < -0.39 is 5.41 Å². The van der Waals surface area contributed by atoms with Gasteiger partial charge in [0.15, 0.2) is 5.78 Å². The number of hydrogen-bond donors (Lipinski definition) is 1. The van der Waals surface area contributed by atoms with E-state index in [9.17, 15) is 4.79 Å². The van der Waals surface area contributed by atoms with Gasteiger partial charge in [-0.2, -0.15) is 0 Å². The molecule has 0 atom stereocenters. The number of benzene rings is 1. The first-order chi connectivity index (χ1) is 8.50. The maximum Gasteiger partial charge on any atom is 0.170 e. The fraction of sp³-hybridized carbons (Fsp3) is 0.588. The van der Waals surface area contributed by atoms with Crippen LogP contribution in [0, 0.1) is 19.3 Å². The topological polar surface area (TPSA) is 43.1 Å². The first kappa shape index (κ1) is 15.9. The van der Waals surface area contributed by atoms with Crippen LogP contribution in [0.1, 0.15) is 61.7 Å². The van der Waals surface area contributed by atoms with Gasteiger partial charge in [0.05, 0.1) is 0 Å². The fourth-order valence-corrected chi connectivity index (χ4v) is 2.19. The normalized spacial score (nSPS) is 12.6. The van der Waals surface area contributed by atoms with Crippen LogP contribution in [0.15, 0.2) is 12.1 Å². The number of carbonyl (C=O) groups excluding carboxylic acids is 1. The summed E-state index contributed by atoms with van der Waals surface area (Å²) in [6.07, 6.45) is 0. The summed E-state index contributed by atoms with van der Waals surface area (Å²) in [5.74, 6) is 0.144. The van der Waals surface area contributed by atoms with Crippen molar-refractivity contribution in [3.8, 4) is 0 Å². The van der Waals surface area contributed by atoms with Gasteiger partial charge in [0, 0.05) is 17.5 Å². The second-order valence-corrected chi connectivity index (χ2v) is 7.15. The van der Waals surface area contributed by atoms with Gasteiger partial charge in [-0.1, -0.05) is 46.8 Å². The fourth-order valence-electron chi connectivity index (χ4n) is 2.19. The molecule has 0 saturated carbocycles. The highest BCUT2D eigenvalue weighted by Gasteiger charge is 2.30. The summed E-state index contributed by atoms with van der Waals surface area (Å²) >= 11 is 0. The van der Waals surface area contributed by atoms with Gasteiger partial charge in [-0.25, -0.2) is 0 Å². The van der Waals surface area contributed by atoms with Gasteiger partial charge < -0.3 is 5.73 Å². The lowest BCUT2D eigenvalue weighted by Gasteiger charge is -2.26. The van der Waals surface area contributed by atoms with E-state index in [2.05, 4.69) is 32.9 Å². The van der Waals surface area contributed by atoms with Gasteiger partial charge in [-0.3, -0.25) is 4.79 Å². The molecule has 19 heavy (non-hydrogen) atoms. The zero-order valence-electron chi connectivity index (χ0n) is 13.3. The molecule has 0 aliphatic rings. The zero-order chi connectivity index (χ0) is 15.0. The number of hydrogen-bond acceptors (Lipinski definition) is 2. The Balaban J connectivity index is 3.37. The van der Waals surface area contributed by atoms with Gasteiger partial charge in [0.2, 0.25) is 0 Å². The molecule has 0 radical (unpaired) electrons. The number of ketones is 1. The Labute approximate surface area is 117 Å². The molecule has 106 valence electrons. The third-order valence-electron chi connectivity index (χ3n) is 3.75. The molecule has 0 amide bonds. The van der Waals surface area contributed by atoms with Crippen LogP contribution in [-0.2, 0) is 5.41 Å². The van der Waals surface area contributed by atoms with Crippen molar-refractivity contribution >= 4 is 5.78 Å². The van der Waals surface area contributed by atoms with Crippen molar-refractivity contribution in [2.24, 2.45) is 11.1 Å². The molecule has 0 saturated heterocycles. The van der Waals surface area contributed by atoms with Crippen molar-refractivity contribution in [1.82, 2.24) is 0 Å². The molecule has 0 aliphatic heterocycles. The molecule has 1 aromatic carbocycles. The van der Waals surface area contributed by atoms with Crippen LogP contribution < -0.4 is 5.73 Å². The highest BCUT2D eigenvalue weighted by molar-refractivity contribution is 6.02. The Kier molecular flexibility index (Phi) is 4.26. The van der Waals surface area contributed by atoms with Gasteiger partial charge in [0.1, 0.15) is 0 Å². The molecule has 0 fully saturated rings. The molecule has 0 aromatic heterocycles. The number of aryl methyl sites for hydroxylation is 2. The Morgan fingerprint density at radius 3 is 1.79 bits per heavy atom. The standard InChI is InChI=1S/C17H27NO/c1-11-8-13(16(3,4)5)9-12(2)14(11)15(19)17(6,7)10-18/h8-9H,10,18H2,1-7H3. The minimum atomic E-state index is -0.501. The van der Waals surface area contributed by atoms with E-state index >= 15 is 0 Å². The maximum absolute atomic E-state index is 12.6. The molecular formula is C17H27NO. The lowest BCUT2D eigenvalue weighted by atomic mass is 9.78. The molecule has 2 nitrogen and oxygen atoms in total. The van der Waals surface area contributed by atoms with Crippen LogP contribution in [0.2, 0.25) is 0 Å². The van der Waals surface area contributed by atoms with Crippen molar-refractivity contribution in [3.05, 3.63) is 34.4 Å². The number of Topliss-reactive ketones (excluding diaryl/α,β-unsaturated/α-hetero) is 1. The SMILES string of the molecule is Cc1cc(C(C)(C)C)cc(C)c1C(=O)C(C)(C)CN. The average Bonchev–Trinajstić information content (AvgIpc) is 2.26. The van der Waals surface area contributed by atoms with E-state index in [1.165, 1.54) is 5.56 Å². The molecule has 1 rings (SSSR count). The molecule has 1 aromatic rings. The highest BCUT2D eigenvalue weighted by atomic mass is 16.1. The first-order valence-corrected chi connectivity index (χ1v) is 6.87. The van der Waals surface area contributed by atoms with E-state index in [1.807, 2.05) is 27.7 Å². The Morgan fingerprint density at radius 1 is 1.05 bits per heavy atom. The highest BCUT2D eigenvalue weighted by Crippen LogP contribution is 2.30. The van der Waals surface area contributed by atoms with E-state index in [0.29, 0.717) is 6.54 Å². The molecule has 2 N–H and O–H groups in total. The molecule has 0 heterocycles. The summed E-state index contributed by atoms with van der Waals surface area (Å²) < 4.78 is 0. The van der Waals surface area contributed by atoms with E-state index in [-0.39, 0.29) is 11.2 Å². The lowest BCUT2D eigenvalue weighted by molar-refractivity contribution is 0.0846. The second kappa shape index (κ2) is 5.09. The van der Waals surface area contributed by atoms with E-state index in [4.69, 9.17) is 5.73 Å². The lowest BCUT2D eigenvalue weighted by Crippen LogP contribution is -2.33. The largest absolute Gasteiger partial charge is 0.329 e. The summed E-state index contributed by atoms with van der Waals surface area (Å²) in [5, 5.41) is 0. The van der Waals surface area contributed by atoms with E-state index in [0.717, 1.165) is 16.7 Å². The van der Waals surface area contributed by atoms with Crippen molar-refractivity contribution < 1.29 is 4.79 Å². The predicted molar refractivity (Wildman–Crippen MR) is 81.8 cm³/mol. The van der Waals surface area contributed by atoms with Gasteiger partial charge in [-0.05, 0) is 36.0 Å². The Hall–Kier alpha value is -1.15. The molecule has 0 aliphatic carbocycles. The third-order valence-corrected chi connectivity index (χ3v) is 3.75. The van der Waals surface area contributed by atoms with Gasteiger partial charge in [-0.15, -0.1) is 0 Å². The predicted octanol–water partition coefficient (Wildman–Crippen LogP) is 3.77. The van der Waals surface area contributed by atoms with Crippen LogP contribution in [-0.4, -0.2) is 12.3 Å². The van der Waals surface area contributed by atoms with Crippen molar-refractivity contribution in [1.29, 1.82) is 0 Å². The van der Waals surface area contributed by atoms with Crippen LogP contribution in [0.5, 0.6) is 0 Å². The van der Waals surface area contributed by atoms with E-state index in [1.54, 1.807) is 0 Å². The summed E-state index contributed by atoms with van der Waals surface area (Å²) in [4.78, 5) is 12.6. The molecule has 0 spiro atoms. The van der Waals surface area contributed by atoms with Crippen LogP contribution >= 0.6 is 0 Å². The van der Waals surface area contributed by atoms with Gasteiger partial charge >= 0.3 is 0 Å². The number of nitrogens with two attached hydrogens (primary N) is 1. The molecule has 2 heteroatoms. The Bertz CT molecular complexity index is 469. The Morgan fingerprint density at radius 2 is 1.47 bits per heavy atom. The molecular weight excluding hydrogens is 234 g/mol. The minimum absolute atomic E-state index is 0.0977. The number of carbonyl (C=O) groups is 1. The summed E-state index contributed by atoms with van der Waals surface area (Å²) in [6, 6.07) is 4.26. The summed E-state index contributed by atoms with van der Waals surface area (Å²) in [5.41, 5.74) is 9.53. The first-order valence-electron chi connectivity index (χ1n) is 6.87. The second-order valence-electron chi connectivity index (χ2n) is 7.15. The number of rotatable bonds is 3. The quantitative estimate of drug-likeness (QED) is 0.842. The van der Waals surface area contributed by atoms with Crippen molar-refractivity contribution in [2.75, 3.05) is 6.54 Å². The van der Waals surface area contributed by atoms with Crippen molar-refractivity contribution in [2.45, 2.75) is 53.9 Å². The van der Waals surface area contributed by atoms with Crippen molar-refractivity contribution in [3.63, 3.8) is 0 Å². The minimum Gasteiger partial charge on any atom is -0.329 e. The maximum atomic E-state index is 12.6. The summed E-state index contributed by atoms with van der Waals surface area (Å²) in [6.45, 7) is 14.8. The third kappa shape index (κ3) is 3.24. The molecule has 0 bridgehead atoms. The van der Waals surface area contributed by atoms with Gasteiger partial charge in [0.25, 0.3) is 0 Å². The van der Waals surface area contributed by atoms with Crippen LogP contribution in [0.4, 0.5) is 0 Å². The monoisotopic (exact) mass is 261 g/mol. The van der Waals surface area contributed by atoms with Crippen LogP contribution in [0.3, 0.4) is 0 Å². The van der Waals surface area contributed by atoms with Crippen LogP contribution in [0.25, 0.3) is 0 Å². The smallest absolute Gasteiger partial charge is 0.170 e. The average molecular weight is 261 g/mol. The zero-order valence-corrected chi connectivity index (χ0v) is 13.3.